The highest BCUT2D eigenvalue weighted by atomic mass is 16.5. The predicted octanol–water partition coefficient (Wildman–Crippen LogP) is 2.80. The number of rotatable bonds is 12. The van der Waals surface area contributed by atoms with Gasteiger partial charge in [-0.3, -0.25) is 9.79 Å². The normalized spacial score (nSPS) is 12.6. The highest BCUT2D eigenvalue weighted by Crippen LogP contribution is 2.20. The van der Waals surface area contributed by atoms with Crippen molar-refractivity contribution in [1.82, 2.24) is 10.6 Å². The van der Waals surface area contributed by atoms with Crippen LogP contribution in [0.15, 0.2) is 29.3 Å². The van der Waals surface area contributed by atoms with Gasteiger partial charge in [-0.2, -0.15) is 0 Å². The van der Waals surface area contributed by atoms with E-state index in [2.05, 4.69) is 20.4 Å². The number of ether oxygens (including phenoxy) is 2. The molecule has 0 saturated carbocycles. The minimum atomic E-state index is -0.703. The van der Waals surface area contributed by atoms with Crippen LogP contribution in [0, 0.1) is 0 Å². The first-order valence-corrected chi connectivity index (χ1v) is 10.00. The Bertz CT molecular complexity index is 605. The van der Waals surface area contributed by atoms with Crippen molar-refractivity contribution in [3.05, 3.63) is 29.8 Å². The molecule has 0 amide bonds. The maximum absolute atomic E-state index is 11.1. The van der Waals surface area contributed by atoms with Crippen LogP contribution >= 0.6 is 0 Å². The lowest BCUT2D eigenvalue weighted by Crippen LogP contribution is -2.38. The van der Waals surface area contributed by atoms with Crippen molar-refractivity contribution in [1.29, 1.82) is 0 Å². The molecular formula is C21H35N3O4. The van der Waals surface area contributed by atoms with Crippen molar-refractivity contribution < 1.29 is 19.4 Å². The molecule has 158 valence electrons. The average molecular weight is 394 g/mol. The summed E-state index contributed by atoms with van der Waals surface area (Å²) in [5, 5.41) is 16.9. The number of hydrogen-bond donors (Lipinski definition) is 3. The van der Waals surface area contributed by atoms with Crippen LogP contribution in [0.2, 0.25) is 0 Å². The van der Waals surface area contributed by atoms with Crippen molar-refractivity contribution >= 4 is 11.9 Å². The Morgan fingerprint density at radius 3 is 2.68 bits per heavy atom. The summed E-state index contributed by atoms with van der Waals surface area (Å²) < 4.78 is 10.3. The van der Waals surface area contributed by atoms with Crippen LogP contribution in [0.4, 0.5) is 0 Å². The van der Waals surface area contributed by atoms with Crippen LogP contribution < -0.4 is 15.4 Å². The van der Waals surface area contributed by atoms with Gasteiger partial charge in [0.1, 0.15) is 5.75 Å². The van der Waals surface area contributed by atoms with Gasteiger partial charge in [-0.05, 0) is 51.3 Å². The lowest BCUT2D eigenvalue weighted by Gasteiger charge is -2.15. The zero-order chi connectivity index (χ0) is 20.8. The van der Waals surface area contributed by atoms with E-state index in [0.717, 1.165) is 43.7 Å². The van der Waals surface area contributed by atoms with Gasteiger partial charge in [0.25, 0.3) is 0 Å². The molecule has 1 unspecified atom stereocenters. The summed E-state index contributed by atoms with van der Waals surface area (Å²) in [4.78, 5) is 15.5. The Kier molecular flexibility index (Phi) is 11.7. The molecule has 0 aliphatic carbocycles. The number of aliphatic hydroxyl groups excluding tert-OH is 1. The fraction of sp³-hybridized carbons (Fsp3) is 0.619. The summed E-state index contributed by atoms with van der Waals surface area (Å²) in [5.41, 5.74) is 0.778. The topological polar surface area (TPSA) is 92.2 Å². The summed E-state index contributed by atoms with van der Waals surface area (Å²) in [6, 6.07) is 7.47. The van der Waals surface area contributed by atoms with E-state index < -0.39 is 6.10 Å². The highest BCUT2D eigenvalue weighted by Gasteiger charge is 2.09. The average Bonchev–Trinajstić information content (AvgIpc) is 2.67. The number of nitrogens with one attached hydrogen (secondary N) is 2. The Morgan fingerprint density at radius 1 is 1.21 bits per heavy atom. The third-order valence-electron chi connectivity index (χ3n) is 3.96. The number of aliphatic hydroxyl groups is 1. The molecule has 0 bridgehead atoms. The van der Waals surface area contributed by atoms with Gasteiger partial charge >= 0.3 is 5.97 Å². The molecule has 0 heterocycles. The molecule has 0 radical (unpaired) electrons. The molecule has 7 nitrogen and oxygen atoms in total. The minimum absolute atomic E-state index is 0.0857. The fourth-order valence-electron chi connectivity index (χ4n) is 2.57. The quantitative estimate of drug-likeness (QED) is 0.219. The largest absolute Gasteiger partial charge is 0.491 e. The molecule has 0 aliphatic rings. The van der Waals surface area contributed by atoms with E-state index >= 15 is 0 Å². The molecule has 0 aliphatic heterocycles. The summed E-state index contributed by atoms with van der Waals surface area (Å²) in [5.74, 6) is 1.25. The monoisotopic (exact) mass is 393 g/mol. The smallest absolute Gasteiger partial charge is 0.305 e. The van der Waals surface area contributed by atoms with Crippen LogP contribution in [-0.4, -0.2) is 49.9 Å². The third-order valence-corrected chi connectivity index (χ3v) is 3.96. The number of benzene rings is 1. The van der Waals surface area contributed by atoms with E-state index in [1.165, 1.54) is 7.11 Å². The van der Waals surface area contributed by atoms with Gasteiger partial charge in [0, 0.05) is 19.5 Å². The number of methoxy groups -OCH3 is 1. The van der Waals surface area contributed by atoms with Crippen LogP contribution in [-0.2, 0) is 9.53 Å². The van der Waals surface area contributed by atoms with Gasteiger partial charge in [-0.1, -0.05) is 18.6 Å². The van der Waals surface area contributed by atoms with E-state index in [4.69, 9.17) is 4.74 Å². The lowest BCUT2D eigenvalue weighted by molar-refractivity contribution is -0.140. The van der Waals surface area contributed by atoms with Gasteiger partial charge < -0.3 is 25.2 Å². The van der Waals surface area contributed by atoms with Crippen LogP contribution in [0.1, 0.15) is 58.1 Å². The van der Waals surface area contributed by atoms with Crippen molar-refractivity contribution in [3.63, 3.8) is 0 Å². The van der Waals surface area contributed by atoms with Gasteiger partial charge in [-0.25, -0.2) is 0 Å². The standard InChI is InChI=1S/C21H35N3O4/c1-5-22-21(23-13-8-6-7-12-20(26)27-4)24-15-19(25)17-10-9-11-18(14-17)28-16(2)3/h9-11,14,16,19,25H,5-8,12-13,15H2,1-4H3,(H2,22,23,24). The number of guanidine groups is 1. The number of carbonyl (C=O) groups excluding carboxylic acids is 1. The van der Waals surface area contributed by atoms with E-state index in [-0.39, 0.29) is 18.6 Å². The number of esters is 1. The molecular weight excluding hydrogens is 358 g/mol. The molecule has 0 saturated heterocycles. The van der Waals surface area contributed by atoms with Crippen LogP contribution in [0.25, 0.3) is 0 Å². The maximum Gasteiger partial charge on any atom is 0.305 e. The van der Waals surface area contributed by atoms with Crippen molar-refractivity contribution in [2.45, 2.75) is 58.7 Å². The Hall–Kier alpha value is -2.28. The van der Waals surface area contributed by atoms with E-state index in [0.29, 0.717) is 12.4 Å². The van der Waals surface area contributed by atoms with Crippen molar-refractivity contribution in [2.75, 3.05) is 26.7 Å². The fourth-order valence-corrected chi connectivity index (χ4v) is 2.57. The third kappa shape index (κ3) is 10.2. The van der Waals surface area contributed by atoms with E-state index in [1.807, 2.05) is 45.0 Å². The molecule has 0 aromatic heterocycles. The number of nitrogens with zero attached hydrogens (tertiary/aromatic N) is 1. The summed E-state index contributed by atoms with van der Waals surface area (Å²) in [6.45, 7) is 7.68. The molecule has 0 fully saturated rings. The number of carbonyl (C=O) groups is 1. The second-order valence-electron chi connectivity index (χ2n) is 6.79. The molecule has 1 aromatic rings. The second kappa shape index (κ2) is 13.8. The first-order chi connectivity index (χ1) is 13.5. The first kappa shape index (κ1) is 23.8. The number of hydrogen-bond acceptors (Lipinski definition) is 5. The first-order valence-electron chi connectivity index (χ1n) is 10.00. The minimum Gasteiger partial charge on any atom is -0.491 e. The number of aliphatic imine (C=N–C) groups is 1. The summed E-state index contributed by atoms with van der Waals surface area (Å²) in [6.07, 6.45) is 2.52. The summed E-state index contributed by atoms with van der Waals surface area (Å²) in [7, 11) is 1.41. The van der Waals surface area contributed by atoms with Gasteiger partial charge in [-0.15, -0.1) is 0 Å². The lowest BCUT2D eigenvalue weighted by atomic mass is 10.1. The second-order valence-corrected chi connectivity index (χ2v) is 6.79. The molecule has 7 heteroatoms. The zero-order valence-corrected chi connectivity index (χ0v) is 17.5. The molecule has 1 atom stereocenters. The summed E-state index contributed by atoms with van der Waals surface area (Å²) >= 11 is 0. The highest BCUT2D eigenvalue weighted by molar-refractivity contribution is 5.79. The molecule has 0 spiro atoms. The SMILES string of the molecule is CCNC(=NCC(O)c1cccc(OC(C)C)c1)NCCCCCC(=O)OC. The van der Waals surface area contributed by atoms with Crippen LogP contribution in [0.5, 0.6) is 5.75 Å². The van der Waals surface area contributed by atoms with Crippen molar-refractivity contribution in [2.24, 2.45) is 4.99 Å². The molecule has 1 aromatic carbocycles. The molecule has 1 rings (SSSR count). The Labute approximate surface area is 168 Å². The zero-order valence-electron chi connectivity index (χ0n) is 17.5. The van der Waals surface area contributed by atoms with E-state index in [1.54, 1.807) is 0 Å². The Morgan fingerprint density at radius 2 is 2.00 bits per heavy atom. The van der Waals surface area contributed by atoms with Gasteiger partial charge in [0.15, 0.2) is 5.96 Å². The Balaban J connectivity index is 2.46. The van der Waals surface area contributed by atoms with E-state index in [9.17, 15) is 9.90 Å². The predicted molar refractivity (Wildman–Crippen MR) is 112 cm³/mol. The van der Waals surface area contributed by atoms with Crippen LogP contribution in [0.3, 0.4) is 0 Å². The molecule has 28 heavy (non-hydrogen) atoms. The molecule has 3 N–H and O–H groups in total. The van der Waals surface area contributed by atoms with Crippen molar-refractivity contribution in [3.8, 4) is 5.75 Å². The number of unbranched alkanes of at least 4 members (excludes halogenated alkanes) is 2. The van der Waals surface area contributed by atoms with Gasteiger partial charge in [0.05, 0.1) is 25.9 Å². The van der Waals surface area contributed by atoms with Gasteiger partial charge in [0.2, 0.25) is 0 Å². The maximum atomic E-state index is 11.1.